The molecule has 0 aliphatic carbocycles. The fraction of sp³-hybridized carbons (Fsp3) is 0.105. The third-order valence-corrected chi connectivity index (χ3v) is 3.71. The zero-order valence-electron chi connectivity index (χ0n) is 12.2. The Balaban J connectivity index is 2.20. The largest absolute Gasteiger partial charge is 0.496 e. The van der Waals surface area contributed by atoms with Gasteiger partial charge in [-0.15, -0.1) is 0 Å². The van der Waals surface area contributed by atoms with E-state index in [0.717, 1.165) is 33.2 Å². The van der Waals surface area contributed by atoms with Crippen molar-refractivity contribution in [1.82, 2.24) is 0 Å². The molecule has 0 saturated carbocycles. The molecule has 22 heavy (non-hydrogen) atoms. The lowest BCUT2D eigenvalue weighted by Crippen LogP contribution is -2.01. The summed E-state index contributed by atoms with van der Waals surface area (Å²) in [6.07, 6.45) is 0.00527. The van der Waals surface area contributed by atoms with Gasteiger partial charge in [0.15, 0.2) is 0 Å². The van der Waals surface area contributed by atoms with Gasteiger partial charge in [0.2, 0.25) is 0 Å². The molecule has 3 aromatic carbocycles. The molecule has 1 N–H and O–H groups in total. The van der Waals surface area contributed by atoms with Gasteiger partial charge in [-0.1, -0.05) is 48.5 Å². The van der Waals surface area contributed by atoms with Gasteiger partial charge in [-0.3, -0.25) is 4.79 Å². The highest BCUT2D eigenvalue weighted by Gasteiger charge is 2.11. The van der Waals surface area contributed by atoms with Crippen LogP contribution in [-0.4, -0.2) is 18.2 Å². The Morgan fingerprint density at radius 1 is 1.05 bits per heavy atom. The molecule has 3 aromatic rings. The standard InChI is InChI=1S/C19H16O3/c1-22-18-11-15(10-13-6-3-5-9-17(13)18)16-8-4-2-7-14(16)12-19(20)21/h2-11H,12H2,1H3,(H,20,21). The minimum atomic E-state index is -0.833. The molecule has 0 bridgehead atoms. The maximum atomic E-state index is 11.1. The summed E-state index contributed by atoms with van der Waals surface area (Å²) in [6, 6.07) is 19.6. The van der Waals surface area contributed by atoms with Crippen molar-refractivity contribution >= 4 is 16.7 Å². The molecular weight excluding hydrogens is 276 g/mol. The number of hydrogen-bond acceptors (Lipinski definition) is 2. The first kappa shape index (κ1) is 14.1. The Labute approximate surface area is 128 Å². The second kappa shape index (κ2) is 5.90. The lowest BCUT2D eigenvalue weighted by atomic mass is 9.95. The molecule has 3 heteroatoms. The summed E-state index contributed by atoms with van der Waals surface area (Å²) < 4.78 is 5.49. The van der Waals surface area contributed by atoms with Crippen molar-refractivity contribution in [3.05, 3.63) is 66.2 Å². The molecule has 110 valence electrons. The lowest BCUT2D eigenvalue weighted by molar-refractivity contribution is -0.136. The topological polar surface area (TPSA) is 46.5 Å². The average molecular weight is 292 g/mol. The first-order valence-corrected chi connectivity index (χ1v) is 7.06. The van der Waals surface area contributed by atoms with Gasteiger partial charge < -0.3 is 9.84 Å². The number of aliphatic carboxylic acids is 1. The fourth-order valence-electron chi connectivity index (χ4n) is 2.72. The SMILES string of the molecule is COc1cc(-c2ccccc2CC(=O)O)cc2ccccc12. The molecule has 0 aromatic heterocycles. The van der Waals surface area contributed by atoms with E-state index in [1.807, 2.05) is 54.6 Å². The highest BCUT2D eigenvalue weighted by Crippen LogP contribution is 2.33. The van der Waals surface area contributed by atoms with Crippen LogP contribution in [0.3, 0.4) is 0 Å². The lowest BCUT2D eigenvalue weighted by Gasteiger charge is -2.12. The number of hydrogen-bond donors (Lipinski definition) is 1. The van der Waals surface area contributed by atoms with E-state index >= 15 is 0 Å². The van der Waals surface area contributed by atoms with Gasteiger partial charge in [-0.25, -0.2) is 0 Å². The van der Waals surface area contributed by atoms with Gasteiger partial charge in [-0.2, -0.15) is 0 Å². The summed E-state index contributed by atoms with van der Waals surface area (Å²) in [7, 11) is 1.65. The first-order chi connectivity index (χ1) is 10.7. The van der Waals surface area contributed by atoms with Crippen LogP contribution in [-0.2, 0) is 11.2 Å². The monoisotopic (exact) mass is 292 g/mol. The number of fused-ring (bicyclic) bond motifs is 1. The van der Waals surface area contributed by atoms with Crippen molar-refractivity contribution in [1.29, 1.82) is 0 Å². The van der Waals surface area contributed by atoms with Crippen LogP contribution in [0.4, 0.5) is 0 Å². The van der Waals surface area contributed by atoms with E-state index in [9.17, 15) is 4.79 Å². The van der Waals surface area contributed by atoms with Gasteiger partial charge in [0, 0.05) is 5.39 Å². The molecule has 0 aliphatic rings. The molecule has 0 aliphatic heterocycles. The van der Waals surface area contributed by atoms with E-state index in [1.54, 1.807) is 7.11 Å². The van der Waals surface area contributed by atoms with Crippen molar-refractivity contribution in [3.8, 4) is 16.9 Å². The molecule has 0 amide bonds. The first-order valence-electron chi connectivity index (χ1n) is 7.06. The molecule has 0 radical (unpaired) electrons. The zero-order valence-corrected chi connectivity index (χ0v) is 12.2. The number of carboxylic acid groups (broad SMARTS) is 1. The van der Waals surface area contributed by atoms with Crippen LogP contribution in [0.5, 0.6) is 5.75 Å². The van der Waals surface area contributed by atoms with Crippen molar-refractivity contribution in [2.45, 2.75) is 6.42 Å². The minimum Gasteiger partial charge on any atom is -0.496 e. The smallest absolute Gasteiger partial charge is 0.307 e. The second-order valence-corrected chi connectivity index (χ2v) is 5.13. The van der Waals surface area contributed by atoms with Crippen LogP contribution in [0, 0.1) is 0 Å². The molecule has 3 nitrogen and oxygen atoms in total. The summed E-state index contributed by atoms with van der Waals surface area (Å²) in [5.74, 6) is -0.0431. The predicted octanol–water partition coefficient (Wildman–Crippen LogP) is 4.14. The van der Waals surface area contributed by atoms with Crippen LogP contribution in [0.25, 0.3) is 21.9 Å². The van der Waals surface area contributed by atoms with Gasteiger partial charge in [0.1, 0.15) is 5.75 Å². The van der Waals surface area contributed by atoms with Gasteiger partial charge in [0.05, 0.1) is 13.5 Å². The summed E-state index contributed by atoms with van der Waals surface area (Å²) in [5, 5.41) is 11.2. The number of carboxylic acids is 1. The molecule has 0 unspecified atom stereocenters. The third-order valence-electron chi connectivity index (χ3n) is 3.71. The quantitative estimate of drug-likeness (QED) is 0.786. The maximum Gasteiger partial charge on any atom is 0.307 e. The zero-order chi connectivity index (χ0) is 15.5. The van der Waals surface area contributed by atoms with Crippen LogP contribution in [0.2, 0.25) is 0 Å². The van der Waals surface area contributed by atoms with E-state index in [-0.39, 0.29) is 6.42 Å². The summed E-state index contributed by atoms with van der Waals surface area (Å²) in [4.78, 5) is 11.1. The summed E-state index contributed by atoms with van der Waals surface area (Å²) in [6.45, 7) is 0. The van der Waals surface area contributed by atoms with Crippen LogP contribution in [0.1, 0.15) is 5.56 Å². The van der Waals surface area contributed by atoms with Crippen molar-refractivity contribution in [2.75, 3.05) is 7.11 Å². The van der Waals surface area contributed by atoms with Crippen molar-refractivity contribution in [2.24, 2.45) is 0 Å². The number of ether oxygens (including phenoxy) is 1. The van der Waals surface area contributed by atoms with E-state index < -0.39 is 5.97 Å². The third kappa shape index (κ3) is 2.66. The Bertz CT molecular complexity index is 837. The van der Waals surface area contributed by atoms with E-state index in [4.69, 9.17) is 9.84 Å². The molecule has 0 spiro atoms. The normalized spacial score (nSPS) is 10.6. The number of rotatable bonds is 4. The minimum absolute atomic E-state index is 0.00527. The van der Waals surface area contributed by atoms with Gasteiger partial charge in [0.25, 0.3) is 0 Å². The Kier molecular flexibility index (Phi) is 3.79. The molecular formula is C19H16O3. The molecule has 0 heterocycles. The van der Waals surface area contributed by atoms with Crippen molar-refractivity contribution < 1.29 is 14.6 Å². The van der Waals surface area contributed by atoms with Gasteiger partial charge >= 0.3 is 5.97 Å². The van der Waals surface area contributed by atoms with Crippen LogP contribution in [0.15, 0.2) is 60.7 Å². The second-order valence-electron chi connectivity index (χ2n) is 5.13. The van der Waals surface area contributed by atoms with Gasteiger partial charge in [-0.05, 0) is 34.2 Å². The predicted molar refractivity (Wildman–Crippen MR) is 87.3 cm³/mol. The van der Waals surface area contributed by atoms with Crippen LogP contribution < -0.4 is 4.74 Å². The average Bonchev–Trinajstić information content (AvgIpc) is 2.53. The Morgan fingerprint density at radius 2 is 1.77 bits per heavy atom. The molecule has 0 saturated heterocycles. The molecule has 0 fully saturated rings. The maximum absolute atomic E-state index is 11.1. The van der Waals surface area contributed by atoms with E-state index in [2.05, 4.69) is 6.07 Å². The summed E-state index contributed by atoms with van der Waals surface area (Å²) in [5.41, 5.74) is 2.69. The highest BCUT2D eigenvalue weighted by molar-refractivity contribution is 5.93. The Hall–Kier alpha value is -2.81. The van der Waals surface area contributed by atoms with Crippen LogP contribution >= 0.6 is 0 Å². The number of carbonyl (C=O) groups is 1. The Morgan fingerprint density at radius 3 is 2.55 bits per heavy atom. The van der Waals surface area contributed by atoms with Crippen molar-refractivity contribution in [3.63, 3.8) is 0 Å². The highest BCUT2D eigenvalue weighted by atomic mass is 16.5. The number of methoxy groups -OCH3 is 1. The molecule has 3 rings (SSSR count). The molecule has 0 atom stereocenters. The fourth-order valence-corrected chi connectivity index (χ4v) is 2.72. The van der Waals surface area contributed by atoms with E-state index in [1.165, 1.54) is 0 Å². The number of benzene rings is 3. The van der Waals surface area contributed by atoms with E-state index in [0.29, 0.717) is 0 Å². The summed E-state index contributed by atoms with van der Waals surface area (Å²) >= 11 is 0.